The summed E-state index contributed by atoms with van der Waals surface area (Å²) in [6.45, 7) is 14.3. The number of carbonyl (C=O) groups excluding carboxylic acids is 2. The molecular formula is C46H61ClN6O6S. The molecule has 2 amide bonds. The molecule has 0 radical (unpaired) electrons. The molecule has 2 aromatic carbocycles. The van der Waals surface area contributed by atoms with E-state index in [1.807, 2.05) is 42.8 Å². The van der Waals surface area contributed by atoms with E-state index in [0.717, 1.165) is 75.1 Å². The Bertz CT molecular complexity index is 2240. The van der Waals surface area contributed by atoms with Crippen LogP contribution in [0.5, 0.6) is 5.75 Å². The molecule has 3 aromatic rings. The van der Waals surface area contributed by atoms with Gasteiger partial charge in [0.2, 0.25) is 0 Å². The molecule has 12 nitrogen and oxygen atoms in total. The fraction of sp³-hybridized carbons (Fsp3) is 0.565. The third kappa shape index (κ3) is 9.22. The number of nitrogens with zero attached hydrogens (tertiary/aromatic N) is 5. The quantitative estimate of drug-likeness (QED) is 0.287. The lowest BCUT2D eigenvalue weighted by Crippen LogP contribution is -2.57. The molecule has 1 aliphatic carbocycles. The lowest BCUT2D eigenvalue weighted by Gasteiger charge is -2.43. The summed E-state index contributed by atoms with van der Waals surface area (Å²) in [4.78, 5) is 35.5. The topological polar surface area (TPSA) is 118 Å². The molecule has 8 rings (SSSR count). The average molecular weight is 862 g/mol. The SMILES string of the molecule is CO[C@H]1/C=C/C[C@H](C)CS(=O)(NC(=O)c2cc(CN3CCN4CCOC[C@@H]4C3)n(C)c2)=NC(=O)c2ccc3c(c2)N(C[C@H](C)[C@H]1C)C[C@@]1(CCCc2cc(Cl)ccc21)CO3. The van der Waals surface area contributed by atoms with Crippen molar-refractivity contribution in [3.8, 4) is 5.75 Å². The molecule has 5 heterocycles. The lowest BCUT2D eigenvalue weighted by molar-refractivity contribution is -0.0464. The number of rotatable bonds is 5. The number of allylic oxidation sites excluding steroid dienone is 1. The van der Waals surface area contributed by atoms with E-state index < -0.39 is 21.7 Å². The molecule has 324 valence electrons. The Balaban J connectivity index is 1.10. The smallest absolute Gasteiger partial charge is 0.286 e. The Morgan fingerprint density at radius 1 is 1.10 bits per heavy atom. The normalized spacial score (nSPS) is 31.0. The molecule has 2 saturated heterocycles. The summed E-state index contributed by atoms with van der Waals surface area (Å²) in [5, 5.41) is 0.733. The first-order valence-corrected chi connectivity index (χ1v) is 23.7. The number of benzene rings is 2. The van der Waals surface area contributed by atoms with Crippen molar-refractivity contribution >= 4 is 39.0 Å². The standard InChI is InChI=1S/C46H61ClN6O6S/c1-31-8-6-10-42(57-5)33(3)32(2)23-53-29-46(15-7-9-34-20-37(47)12-13-40(34)46)30-59-43-14-11-35(22-41(43)53)44(54)48-60(56,28-31)49-45(55)36-21-38(50(4)24-36)25-51-16-17-52-18-19-58-27-39(52)26-51/h6,10-14,20-22,24,31-33,39,42H,7-9,15-19,23,25-30H2,1-5H3,(H,48,49,54,55,56)/b10-6+/t31-,32-,33+,39-,42-,46-,60?/m0/s1. The van der Waals surface area contributed by atoms with Crippen LogP contribution in [0.4, 0.5) is 5.69 Å². The van der Waals surface area contributed by atoms with Gasteiger partial charge in [-0.15, -0.1) is 4.36 Å². The highest BCUT2D eigenvalue weighted by atomic mass is 35.5. The maximum atomic E-state index is 14.9. The molecule has 0 saturated carbocycles. The number of anilines is 1. The van der Waals surface area contributed by atoms with Gasteiger partial charge < -0.3 is 23.7 Å². The van der Waals surface area contributed by atoms with Crippen molar-refractivity contribution < 1.29 is 28.0 Å². The fourth-order valence-corrected chi connectivity index (χ4v) is 12.1. The highest BCUT2D eigenvalue weighted by molar-refractivity contribution is 7.92. The summed E-state index contributed by atoms with van der Waals surface area (Å²) >= 11 is 6.49. The van der Waals surface area contributed by atoms with Crippen LogP contribution in [0.3, 0.4) is 0 Å². The molecular weight excluding hydrogens is 800 g/mol. The van der Waals surface area contributed by atoms with Crippen LogP contribution in [-0.2, 0) is 44.8 Å². The minimum atomic E-state index is -3.58. The summed E-state index contributed by atoms with van der Waals surface area (Å²) in [6, 6.07) is 13.8. The molecule has 2 bridgehead atoms. The van der Waals surface area contributed by atoms with Gasteiger partial charge in [-0.1, -0.05) is 50.6 Å². The molecule has 5 aliphatic rings. The van der Waals surface area contributed by atoms with Crippen LogP contribution in [0.25, 0.3) is 0 Å². The molecule has 1 spiro atoms. The van der Waals surface area contributed by atoms with Crippen LogP contribution in [0.2, 0.25) is 5.02 Å². The number of nitrogens with one attached hydrogen (secondary N) is 1. The number of hydrogen-bond acceptors (Lipinski definition) is 9. The van der Waals surface area contributed by atoms with Gasteiger partial charge in [-0.2, -0.15) is 0 Å². The minimum Gasteiger partial charge on any atom is -0.490 e. The number of methoxy groups -OCH3 is 1. The van der Waals surface area contributed by atoms with Crippen molar-refractivity contribution in [1.29, 1.82) is 0 Å². The largest absolute Gasteiger partial charge is 0.490 e. The Hall–Kier alpha value is -3.72. The van der Waals surface area contributed by atoms with Crippen molar-refractivity contribution in [3.63, 3.8) is 0 Å². The molecule has 7 atom stereocenters. The van der Waals surface area contributed by atoms with Gasteiger partial charge in [-0.25, -0.2) is 4.21 Å². The van der Waals surface area contributed by atoms with Crippen LogP contribution in [0.15, 0.2) is 65.2 Å². The number of carbonyl (C=O) groups is 2. The number of hydrogen-bond donors (Lipinski definition) is 1. The first-order valence-electron chi connectivity index (χ1n) is 21.6. The first kappa shape index (κ1) is 42.9. The number of halogens is 1. The number of aromatic nitrogens is 1. The van der Waals surface area contributed by atoms with Gasteiger partial charge in [0, 0.05) is 93.9 Å². The van der Waals surface area contributed by atoms with Crippen molar-refractivity contribution in [2.24, 2.45) is 29.2 Å². The minimum absolute atomic E-state index is 0.00201. The van der Waals surface area contributed by atoms with Crippen molar-refractivity contribution in [3.05, 3.63) is 93.8 Å². The zero-order valence-corrected chi connectivity index (χ0v) is 37.3. The van der Waals surface area contributed by atoms with Crippen LogP contribution in [0.1, 0.15) is 77.6 Å². The maximum Gasteiger partial charge on any atom is 0.286 e. The summed E-state index contributed by atoms with van der Waals surface area (Å²) in [7, 11) is 0.0861. The fourth-order valence-electron chi connectivity index (χ4n) is 10.0. The summed E-state index contributed by atoms with van der Waals surface area (Å²) < 4.78 is 42.5. The molecule has 2 fully saturated rings. The Labute approximate surface area is 360 Å². The van der Waals surface area contributed by atoms with E-state index in [2.05, 4.69) is 61.9 Å². The molecule has 4 aliphatic heterocycles. The van der Waals surface area contributed by atoms with Crippen LogP contribution in [0, 0.1) is 17.8 Å². The van der Waals surface area contributed by atoms with E-state index in [9.17, 15) is 13.8 Å². The zero-order chi connectivity index (χ0) is 42.2. The predicted molar refractivity (Wildman–Crippen MR) is 236 cm³/mol. The molecule has 1 N–H and O–H groups in total. The summed E-state index contributed by atoms with van der Waals surface area (Å²) in [5.41, 5.74) is 4.66. The molecule has 1 unspecified atom stereocenters. The number of amides is 2. The Kier molecular flexibility index (Phi) is 12.8. The monoisotopic (exact) mass is 860 g/mol. The first-order chi connectivity index (χ1) is 28.8. The number of aryl methyl sites for hydroxylation is 2. The van der Waals surface area contributed by atoms with Gasteiger partial charge in [-0.05, 0) is 91.0 Å². The third-order valence-corrected chi connectivity index (χ3v) is 15.8. The second kappa shape index (κ2) is 17.9. The van der Waals surface area contributed by atoms with Crippen molar-refractivity contribution in [2.75, 3.05) is 76.9 Å². The number of piperazine rings is 1. The van der Waals surface area contributed by atoms with Crippen LogP contribution in [-0.4, -0.2) is 114 Å². The van der Waals surface area contributed by atoms with Gasteiger partial charge in [-0.3, -0.25) is 24.1 Å². The van der Waals surface area contributed by atoms with E-state index in [1.165, 1.54) is 11.1 Å². The van der Waals surface area contributed by atoms with Gasteiger partial charge in [0.15, 0.2) is 0 Å². The summed E-state index contributed by atoms with van der Waals surface area (Å²) in [5.74, 6) is -0.296. The lowest BCUT2D eigenvalue weighted by atomic mass is 9.70. The average Bonchev–Trinajstić information content (AvgIpc) is 3.52. The van der Waals surface area contributed by atoms with E-state index >= 15 is 0 Å². The predicted octanol–water partition coefficient (Wildman–Crippen LogP) is 6.50. The van der Waals surface area contributed by atoms with E-state index in [0.29, 0.717) is 50.0 Å². The Morgan fingerprint density at radius 2 is 1.95 bits per heavy atom. The van der Waals surface area contributed by atoms with Crippen molar-refractivity contribution in [2.45, 2.75) is 70.6 Å². The molecule has 1 aromatic heterocycles. The van der Waals surface area contributed by atoms with Gasteiger partial charge in [0.05, 0.1) is 42.9 Å². The summed E-state index contributed by atoms with van der Waals surface area (Å²) in [6.07, 6.45) is 9.28. The molecule has 60 heavy (non-hydrogen) atoms. The highest BCUT2D eigenvalue weighted by Crippen LogP contribution is 2.45. The number of fused-ring (bicyclic) bond motifs is 4. The van der Waals surface area contributed by atoms with Gasteiger partial charge >= 0.3 is 0 Å². The number of ether oxygens (including phenoxy) is 3. The van der Waals surface area contributed by atoms with E-state index in [1.54, 1.807) is 19.4 Å². The van der Waals surface area contributed by atoms with E-state index in [-0.39, 0.29) is 40.6 Å². The maximum absolute atomic E-state index is 14.9. The Morgan fingerprint density at radius 3 is 2.78 bits per heavy atom. The second-order valence-electron chi connectivity index (χ2n) is 18.1. The zero-order valence-electron chi connectivity index (χ0n) is 35.7. The molecule has 14 heteroatoms. The third-order valence-electron chi connectivity index (χ3n) is 13.6. The van der Waals surface area contributed by atoms with Gasteiger partial charge in [0.25, 0.3) is 11.8 Å². The van der Waals surface area contributed by atoms with Gasteiger partial charge in [0.1, 0.15) is 15.7 Å². The van der Waals surface area contributed by atoms with Crippen LogP contribution >= 0.6 is 11.6 Å². The van der Waals surface area contributed by atoms with E-state index in [4.69, 9.17) is 25.8 Å². The van der Waals surface area contributed by atoms with Crippen LogP contribution < -0.4 is 14.4 Å². The number of morpholine rings is 1. The van der Waals surface area contributed by atoms with Crippen molar-refractivity contribution in [1.82, 2.24) is 19.1 Å². The highest BCUT2D eigenvalue weighted by Gasteiger charge is 2.42. The second-order valence-corrected chi connectivity index (χ2v) is 20.5.